The van der Waals surface area contributed by atoms with Gasteiger partial charge in [-0.3, -0.25) is 0 Å². The molecule has 0 fully saturated rings. The topological polar surface area (TPSA) is 59.9 Å². The molecular weight excluding hydrogens is 132 g/mol. The lowest BCUT2D eigenvalue weighted by molar-refractivity contribution is 0.221. The molecule has 0 atom stereocenters. The number of aromatic nitrogens is 3. The number of nitrogens with one attached hydrogen (secondary N) is 1. The minimum atomic E-state index is 0.429. The number of hydrogen-bond donors (Lipinski definition) is 1. The summed E-state index contributed by atoms with van der Waals surface area (Å²) in [5.41, 5.74) is 0. The third kappa shape index (κ3) is 1.94. The van der Waals surface area contributed by atoms with Crippen LogP contribution in [0, 0.1) is 0 Å². The predicted molar refractivity (Wildman–Crippen MR) is 35.3 cm³/mol. The Balaban J connectivity index is 2.43. The van der Waals surface area contributed by atoms with E-state index in [-0.39, 0.29) is 0 Å². The average molecular weight is 140 g/mol. The molecule has 54 valence electrons. The smallest absolute Gasteiger partial charge is 0.153 e. The van der Waals surface area contributed by atoms with Crippen LogP contribution in [0.2, 0.25) is 0 Å². The number of ether oxygens (including phenoxy) is 1. The monoisotopic (exact) mass is 140 g/mol. The number of anilines is 1. The molecule has 0 aromatic carbocycles. The van der Waals surface area contributed by atoms with E-state index in [2.05, 4.69) is 20.7 Å². The number of methoxy groups -OCH3 is 1. The van der Waals surface area contributed by atoms with Gasteiger partial charge in [0.05, 0.1) is 6.20 Å². The zero-order valence-corrected chi connectivity index (χ0v) is 5.61. The SMILES string of the molecule is COCNc1ccnnn1. The van der Waals surface area contributed by atoms with Crippen molar-refractivity contribution in [1.29, 1.82) is 0 Å². The van der Waals surface area contributed by atoms with Crippen molar-refractivity contribution in [2.24, 2.45) is 0 Å². The van der Waals surface area contributed by atoms with Crippen LogP contribution in [0.4, 0.5) is 5.82 Å². The zero-order valence-electron chi connectivity index (χ0n) is 5.61. The lowest BCUT2D eigenvalue weighted by Crippen LogP contribution is -2.05. The molecule has 0 aliphatic rings. The lowest BCUT2D eigenvalue weighted by Gasteiger charge is -1.99. The summed E-state index contributed by atoms with van der Waals surface area (Å²) in [6.45, 7) is 0.429. The van der Waals surface area contributed by atoms with Gasteiger partial charge in [0.25, 0.3) is 0 Å². The van der Waals surface area contributed by atoms with E-state index in [0.29, 0.717) is 12.5 Å². The second kappa shape index (κ2) is 3.73. The second-order valence-electron chi connectivity index (χ2n) is 1.62. The van der Waals surface area contributed by atoms with Gasteiger partial charge in [-0.05, 0) is 5.21 Å². The summed E-state index contributed by atoms with van der Waals surface area (Å²) < 4.78 is 4.75. The Morgan fingerprint density at radius 2 is 2.60 bits per heavy atom. The molecule has 1 N–H and O–H groups in total. The van der Waals surface area contributed by atoms with Crippen LogP contribution in [0.3, 0.4) is 0 Å². The van der Waals surface area contributed by atoms with E-state index in [1.165, 1.54) is 0 Å². The molecule has 10 heavy (non-hydrogen) atoms. The summed E-state index contributed by atoms with van der Waals surface area (Å²) in [6, 6.07) is 1.71. The molecule has 0 saturated carbocycles. The molecule has 5 heteroatoms. The van der Waals surface area contributed by atoms with Crippen LogP contribution >= 0.6 is 0 Å². The molecule has 1 heterocycles. The molecule has 1 rings (SSSR count). The maximum atomic E-state index is 4.75. The largest absolute Gasteiger partial charge is 0.365 e. The highest BCUT2D eigenvalue weighted by Gasteiger charge is 1.87. The van der Waals surface area contributed by atoms with E-state index < -0.39 is 0 Å². The first-order valence-electron chi connectivity index (χ1n) is 2.80. The molecule has 0 aliphatic carbocycles. The van der Waals surface area contributed by atoms with Crippen LogP contribution in [0.1, 0.15) is 0 Å². The van der Waals surface area contributed by atoms with Crippen LogP contribution in [0.5, 0.6) is 0 Å². The first kappa shape index (κ1) is 6.88. The normalized spacial score (nSPS) is 9.30. The Morgan fingerprint density at radius 1 is 1.70 bits per heavy atom. The van der Waals surface area contributed by atoms with Crippen molar-refractivity contribution >= 4 is 5.82 Å². The van der Waals surface area contributed by atoms with E-state index in [1.54, 1.807) is 19.4 Å². The van der Waals surface area contributed by atoms with Crippen molar-refractivity contribution < 1.29 is 4.74 Å². The molecule has 1 aromatic heterocycles. The van der Waals surface area contributed by atoms with E-state index >= 15 is 0 Å². The fourth-order valence-corrected chi connectivity index (χ4v) is 0.481. The summed E-state index contributed by atoms with van der Waals surface area (Å²) >= 11 is 0. The summed E-state index contributed by atoms with van der Waals surface area (Å²) in [5.74, 6) is 0.664. The first-order chi connectivity index (χ1) is 4.93. The maximum absolute atomic E-state index is 4.75. The van der Waals surface area contributed by atoms with Gasteiger partial charge >= 0.3 is 0 Å². The Bertz CT molecular complexity index is 178. The van der Waals surface area contributed by atoms with Crippen molar-refractivity contribution in [3.05, 3.63) is 12.3 Å². The van der Waals surface area contributed by atoms with Gasteiger partial charge in [0, 0.05) is 13.2 Å². The van der Waals surface area contributed by atoms with Crippen molar-refractivity contribution in [1.82, 2.24) is 15.4 Å². The Labute approximate surface area is 58.4 Å². The third-order valence-electron chi connectivity index (χ3n) is 0.901. The minimum absolute atomic E-state index is 0.429. The summed E-state index contributed by atoms with van der Waals surface area (Å²) in [6.07, 6.45) is 1.56. The van der Waals surface area contributed by atoms with E-state index in [4.69, 9.17) is 4.74 Å². The van der Waals surface area contributed by atoms with E-state index in [1.807, 2.05) is 0 Å². The third-order valence-corrected chi connectivity index (χ3v) is 0.901. The van der Waals surface area contributed by atoms with Crippen molar-refractivity contribution in [2.75, 3.05) is 19.2 Å². The standard InChI is InChI=1S/C5H8N4O/c1-10-4-6-5-2-3-7-9-8-5/h2-3H,4H2,1H3,(H,6,7,8). The minimum Gasteiger partial charge on any atom is -0.365 e. The van der Waals surface area contributed by atoms with Gasteiger partial charge in [0.2, 0.25) is 0 Å². The Morgan fingerprint density at radius 3 is 3.20 bits per heavy atom. The summed E-state index contributed by atoms with van der Waals surface area (Å²) in [7, 11) is 1.60. The molecule has 0 unspecified atom stereocenters. The van der Waals surface area contributed by atoms with Crippen molar-refractivity contribution in [3.63, 3.8) is 0 Å². The molecule has 0 aliphatic heterocycles. The number of hydrogen-bond acceptors (Lipinski definition) is 5. The van der Waals surface area contributed by atoms with Gasteiger partial charge in [0.1, 0.15) is 6.73 Å². The molecular formula is C5H8N4O. The van der Waals surface area contributed by atoms with Crippen LogP contribution in [0.25, 0.3) is 0 Å². The highest BCUT2D eigenvalue weighted by molar-refractivity contribution is 5.29. The van der Waals surface area contributed by atoms with Gasteiger partial charge < -0.3 is 10.1 Å². The number of nitrogens with zero attached hydrogens (tertiary/aromatic N) is 3. The van der Waals surface area contributed by atoms with Crippen LogP contribution < -0.4 is 5.32 Å². The van der Waals surface area contributed by atoms with Crippen molar-refractivity contribution in [2.45, 2.75) is 0 Å². The molecule has 0 radical (unpaired) electrons. The van der Waals surface area contributed by atoms with Crippen LogP contribution in [-0.2, 0) is 4.74 Å². The zero-order chi connectivity index (χ0) is 7.23. The quantitative estimate of drug-likeness (QED) is 0.593. The van der Waals surface area contributed by atoms with Gasteiger partial charge in [-0.15, -0.1) is 10.2 Å². The van der Waals surface area contributed by atoms with E-state index in [9.17, 15) is 0 Å². The lowest BCUT2D eigenvalue weighted by atomic mass is 10.6. The van der Waals surface area contributed by atoms with Crippen molar-refractivity contribution in [3.8, 4) is 0 Å². The summed E-state index contributed by atoms with van der Waals surface area (Å²) in [5, 5.41) is 13.5. The number of rotatable bonds is 3. The highest BCUT2D eigenvalue weighted by atomic mass is 16.5. The van der Waals surface area contributed by atoms with Crippen LogP contribution in [-0.4, -0.2) is 29.3 Å². The van der Waals surface area contributed by atoms with E-state index in [0.717, 1.165) is 0 Å². The molecule has 0 bridgehead atoms. The fourth-order valence-electron chi connectivity index (χ4n) is 0.481. The molecule has 0 saturated heterocycles. The van der Waals surface area contributed by atoms with Gasteiger partial charge in [-0.25, -0.2) is 0 Å². The van der Waals surface area contributed by atoms with Crippen LogP contribution in [0.15, 0.2) is 12.3 Å². The molecule has 1 aromatic rings. The second-order valence-corrected chi connectivity index (χ2v) is 1.62. The van der Waals surface area contributed by atoms with Gasteiger partial charge in [-0.2, -0.15) is 0 Å². The van der Waals surface area contributed by atoms with Gasteiger partial charge in [-0.1, -0.05) is 0 Å². The summed E-state index contributed by atoms with van der Waals surface area (Å²) in [4.78, 5) is 0. The molecule has 0 amide bonds. The van der Waals surface area contributed by atoms with Gasteiger partial charge in [0.15, 0.2) is 5.82 Å². The Kier molecular flexibility index (Phi) is 2.57. The Hall–Kier alpha value is -1.23. The fraction of sp³-hybridized carbons (Fsp3) is 0.400. The molecule has 5 nitrogen and oxygen atoms in total. The average Bonchev–Trinajstić information content (AvgIpc) is 2.03. The highest BCUT2D eigenvalue weighted by Crippen LogP contribution is 1.93. The maximum Gasteiger partial charge on any atom is 0.153 e. The predicted octanol–water partition coefficient (Wildman–Crippen LogP) is -0.113. The first-order valence-corrected chi connectivity index (χ1v) is 2.80. The molecule has 0 spiro atoms.